The number of carbonyl (C=O) groups is 2. The molecule has 1 unspecified atom stereocenters. The molecule has 2 atom stereocenters. The largest absolute Gasteiger partial charge is 0.480 e. The summed E-state index contributed by atoms with van der Waals surface area (Å²) in [6.45, 7) is 2.47. The van der Waals surface area contributed by atoms with E-state index in [0.29, 0.717) is 38.6 Å². The molecule has 1 amide bonds. The van der Waals surface area contributed by atoms with Gasteiger partial charge >= 0.3 is 5.97 Å². The molecule has 1 aliphatic rings. The number of carbonyl (C=O) groups excluding carboxylic acids is 1. The Bertz CT molecular complexity index is 1450. The monoisotopic (exact) mass is 526 g/mol. The molecule has 0 saturated carbocycles. The third kappa shape index (κ3) is 5.75. The zero-order chi connectivity index (χ0) is 27.4. The van der Waals surface area contributed by atoms with E-state index >= 15 is 0 Å². The zero-order valence-corrected chi connectivity index (χ0v) is 22.4. The molecule has 0 fully saturated rings. The molecule has 202 valence electrons. The van der Waals surface area contributed by atoms with Gasteiger partial charge in [-0.3, -0.25) is 4.79 Å². The Morgan fingerprint density at radius 1 is 1.00 bits per heavy atom. The van der Waals surface area contributed by atoms with E-state index in [1.54, 1.807) is 6.07 Å². The molecular weight excluding hydrogens is 491 g/mol. The number of carboxylic acid groups (broad SMARTS) is 1. The van der Waals surface area contributed by atoms with Crippen molar-refractivity contribution in [3.8, 4) is 0 Å². The highest BCUT2D eigenvalue weighted by Crippen LogP contribution is 2.37. The predicted octanol–water partition coefficient (Wildman–Crippen LogP) is 6.38. The number of aliphatic carboxylic acids is 1. The highest BCUT2D eigenvalue weighted by atomic mass is 19.1. The minimum absolute atomic E-state index is 0.0308. The summed E-state index contributed by atoms with van der Waals surface area (Å²) in [5.74, 6) is -1.10. The van der Waals surface area contributed by atoms with E-state index in [1.807, 2.05) is 64.9 Å². The van der Waals surface area contributed by atoms with Crippen LogP contribution in [0.4, 0.5) is 4.39 Å². The van der Waals surface area contributed by atoms with Gasteiger partial charge in [0, 0.05) is 35.6 Å². The summed E-state index contributed by atoms with van der Waals surface area (Å²) in [4.78, 5) is 27.9. The van der Waals surface area contributed by atoms with Gasteiger partial charge in [0.1, 0.15) is 11.9 Å². The summed E-state index contributed by atoms with van der Waals surface area (Å²) in [6.07, 6.45) is 4.28. The van der Waals surface area contributed by atoms with Gasteiger partial charge in [0.15, 0.2) is 0 Å². The van der Waals surface area contributed by atoms with Gasteiger partial charge in [0.05, 0.1) is 0 Å². The average Bonchev–Trinajstić information content (AvgIpc) is 3.26. The number of nitrogens with zero attached hydrogens (tertiary/aromatic N) is 2. The fraction of sp³-hybridized carbons (Fsp3) is 0.333. The third-order valence-electron chi connectivity index (χ3n) is 8.04. The van der Waals surface area contributed by atoms with Crippen LogP contribution in [0.25, 0.3) is 10.9 Å². The van der Waals surface area contributed by atoms with E-state index < -0.39 is 12.0 Å². The minimum Gasteiger partial charge on any atom is -0.480 e. The van der Waals surface area contributed by atoms with Crippen molar-refractivity contribution < 1.29 is 19.1 Å². The van der Waals surface area contributed by atoms with Crippen LogP contribution in [-0.4, -0.2) is 39.0 Å². The molecule has 5 rings (SSSR count). The molecule has 5 nitrogen and oxygen atoms in total. The number of benzene rings is 3. The van der Waals surface area contributed by atoms with Crippen molar-refractivity contribution in [2.24, 2.45) is 0 Å². The lowest BCUT2D eigenvalue weighted by atomic mass is 9.89. The van der Waals surface area contributed by atoms with Crippen molar-refractivity contribution >= 4 is 22.8 Å². The number of rotatable bonds is 10. The maximum absolute atomic E-state index is 14.4. The number of hydrogen-bond acceptors (Lipinski definition) is 2. The Labute approximate surface area is 228 Å². The van der Waals surface area contributed by atoms with Crippen molar-refractivity contribution in [2.45, 2.75) is 64.0 Å². The van der Waals surface area contributed by atoms with E-state index in [0.717, 1.165) is 40.6 Å². The van der Waals surface area contributed by atoms with Crippen LogP contribution in [0.15, 0.2) is 78.9 Å². The lowest BCUT2D eigenvalue weighted by Gasteiger charge is -2.35. The molecule has 1 aromatic heterocycles. The summed E-state index contributed by atoms with van der Waals surface area (Å²) >= 11 is 0. The fourth-order valence-corrected chi connectivity index (χ4v) is 6.08. The summed E-state index contributed by atoms with van der Waals surface area (Å²) < 4.78 is 16.3. The molecule has 3 aromatic carbocycles. The maximum atomic E-state index is 14.4. The molecule has 1 heterocycles. The van der Waals surface area contributed by atoms with Crippen molar-refractivity contribution in [1.29, 1.82) is 0 Å². The molecule has 1 N–H and O–H groups in total. The fourth-order valence-electron chi connectivity index (χ4n) is 6.08. The smallest absolute Gasteiger partial charge is 0.326 e. The van der Waals surface area contributed by atoms with E-state index in [-0.39, 0.29) is 17.8 Å². The molecule has 1 aliphatic carbocycles. The van der Waals surface area contributed by atoms with E-state index in [9.17, 15) is 19.1 Å². The second-order valence-electron chi connectivity index (χ2n) is 10.4. The van der Waals surface area contributed by atoms with Crippen LogP contribution in [0, 0.1) is 5.82 Å². The molecule has 0 bridgehead atoms. The Morgan fingerprint density at radius 2 is 1.67 bits per heavy atom. The highest BCUT2D eigenvalue weighted by Gasteiger charge is 2.33. The van der Waals surface area contributed by atoms with Crippen LogP contribution >= 0.6 is 0 Å². The minimum atomic E-state index is -0.885. The molecular formula is C33H35FN2O3. The SMILES string of the molecule is CCC(C(=O)O)n1c2c(c3cc(F)ccc31)C[C@@H](N(CCc1ccccc1)C(=O)CCc1ccccc1)CC2. The number of carboxylic acids is 1. The van der Waals surface area contributed by atoms with Crippen LogP contribution in [0.1, 0.15) is 54.6 Å². The topological polar surface area (TPSA) is 62.5 Å². The van der Waals surface area contributed by atoms with E-state index in [1.165, 1.54) is 17.7 Å². The second-order valence-corrected chi connectivity index (χ2v) is 10.4. The van der Waals surface area contributed by atoms with Crippen LogP contribution in [0.3, 0.4) is 0 Å². The number of fused-ring (bicyclic) bond motifs is 3. The predicted molar refractivity (Wildman–Crippen MR) is 151 cm³/mol. The molecule has 39 heavy (non-hydrogen) atoms. The van der Waals surface area contributed by atoms with Gasteiger partial charge in [-0.1, -0.05) is 67.6 Å². The number of halogens is 1. The summed E-state index contributed by atoms with van der Waals surface area (Å²) in [6, 6.07) is 24.1. The van der Waals surface area contributed by atoms with Gasteiger partial charge in [-0.05, 0) is 73.4 Å². The Hall–Kier alpha value is -3.93. The first-order valence-corrected chi connectivity index (χ1v) is 13.9. The first kappa shape index (κ1) is 26.7. The summed E-state index contributed by atoms with van der Waals surface area (Å²) in [5.41, 5.74) is 5.00. The van der Waals surface area contributed by atoms with Gasteiger partial charge in [-0.2, -0.15) is 0 Å². The average molecular weight is 527 g/mol. The van der Waals surface area contributed by atoms with Gasteiger partial charge < -0.3 is 14.6 Å². The Morgan fingerprint density at radius 3 is 2.31 bits per heavy atom. The summed E-state index contributed by atoms with van der Waals surface area (Å²) in [7, 11) is 0. The van der Waals surface area contributed by atoms with Gasteiger partial charge in [-0.25, -0.2) is 9.18 Å². The van der Waals surface area contributed by atoms with E-state index in [4.69, 9.17) is 0 Å². The van der Waals surface area contributed by atoms with E-state index in [2.05, 4.69) is 12.1 Å². The maximum Gasteiger partial charge on any atom is 0.326 e. The van der Waals surface area contributed by atoms with Gasteiger partial charge in [0.2, 0.25) is 5.91 Å². The number of amides is 1. The standard InChI is InChI=1S/C33H35FN2O3/c1-2-29(33(38)39)36-30-16-14-25(34)21-27(30)28-22-26(15-17-31(28)36)35(20-19-24-11-7-4-8-12-24)32(37)18-13-23-9-5-3-6-10-23/h3-12,14,16,21,26,29H,2,13,15,17-20,22H2,1H3,(H,38,39)/t26-,29?/m0/s1. The van der Waals surface area contributed by atoms with Crippen LogP contribution < -0.4 is 0 Å². The number of aromatic nitrogens is 1. The number of hydrogen-bond donors (Lipinski definition) is 1. The van der Waals surface area contributed by atoms with Crippen molar-refractivity contribution in [2.75, 3.05) is 6.54 Å². The first-order valence-electron chi connectivity index (χ1n) is 13.9. The first-order chi connectivity index (χ1) is 19.0. The zero-order valence-electron chi connectivity index (χ0n) is 22.4. The highest BCUT2D eigenvalue weighted by molar-refractivity contribution is 5.88. The third-order valence-corrected chi connectivity index (χ3v) is 8.04. The molecule has 0 aliphatic heterocycles. The van der Waals surface area contributed by atoms with Crippen molar-refractivity contribution in [1.82, 2.24) is 9.47 Å². The lowest BCUT2D eigenvalue weighted by molar-refractivity contribution is -0.141. The quantitative estimate of drug-likeness (QED) is 0.261. The molecule has 0 radical (unpaired) electrons. The molecule has 6 heteroatoms. The molecule has 0 spiro atoms. The van der Waals surface area contributed by atoms with Crippen molar-refractivity contribution in [3.63, 3.8) is 0 Å². The van der Waals surface area contributed by atoms with Gasteiger partial charge in [-0.15, -0.1) is 0 Å². The van der Waals surface area contributed by atoms with Crippen LogP contribution in [-0.2, 0) is 35.3 Å². The van der Waals surface area contributed by atoms with Crippen LogP contribution in [0.5, 0.6) is 0 Å². The number of aryl methyl sites for hydroxylation is 1. The van der Waals surface area contributed by atoms with Crippen LogP contribution in [0.2, 0.25) is 0 Å². The summed E-state index contributed by atoms with van der Waals surface area (Å²) in [5, 5.41) is 10.7. The van der Waals surface area contributed by atoms with Crippen molar-refractivity contribution in [3.05, 3.63) is 107 Å². The van der Waals surface area contributed by atoms with Gasteiger partial charge in [0.25, 0.3) is 0 Å². The Kier molecular flexibility index (Phi) is 8.10. The second kappa shape index (κ2) is 11.9. The Balaban J connectivity index is 1.46. The molecule has 4 aromatic rings. The molecule has 0 saturated heterocycles. The lowest BCUT2D eigenvalue weighted by Crippen LogP contribution is -2.44. The normalized spacial score (nSPS) is 15.6.